The van der Waals surface area contributed by atoms with E-state index in [-0.39, 0.29) is 17.2 Å². The predicted octanol–water partition coefficient (Wildman–Crippen LogP) is 6.58. The number of likely N-dealkylation sites (tertiary alicyclic amines) is 1. The van der Waals surface area contributed by atoms with Gasteiger partial charge in [-0.3, -0.25) is 19.0 Å². The van der Waals surface area contributed by atoms with Gasteiger partial charge in [0.15, 0.2) is 12.3 Å². The number of anilines is 1. The second kappa shape index (κ2) is 12.7. The van der Waals surface area contributed by atoms with Gasteiger partial charge in [0.1, 0.15) is 0 Å². The maximum Gasteiger partial charge on any atom is 0.342 e. The van der Waals surface area contributed by atoms with Gasteiger partial charge in [0, 0.05) is 13.1 Å². The Labute approximate surface area is 255 Å². The van der Waals surface area contributed by atoms with E-state index < -0.39 is 25.8 Å². The second-order valence-electron chi connectivity index (χ2n) is 11.1. The van der Waals surface area contributed by atoms with Crippen molar-refractivity contribution in [2.45, 2.75) is 24.4 Å². The molecule has 0 aromatic heterocycles. The Morgan fingerprint density at radius 3 is 2.16 bits per heavy atom. The summed E-state index contributed by atoms with van der Waals surface area (Å²) in [7, 11) is -5.06. The van der Waals surface area contributed by atoms with Crippen LogP contribution in [0, 0.1) is 0 Å². The van der Waals surface area contributed by atoms with Crippen molar-refractivity contribution in [2.75, 3.05) is 24.8 Å². The summed E-state index contributed by atoms with van der Waals surface area (Å²) in [5, 5.41) is 3.89. The van der Waals surface area contributed by atoms with E-state index in [1.54, 1.807) is 47.4 Å². The van der Waals surface area contributed by atoms with E-state index in [0.29, 0.717) is 24.4 Å². The lowest BCUT2D eigenvalue weighted by Crippen LogP contribution is -2.43. The van der Waals surface area contributed by atoms with E-state index in [0.717, 1.165) is 34.1 Å². The first-order valence-electron chi connectivity index (χ1n) is 14.6. The van der Waals surface area contributed by atoms with Crippen molar-refractivity contribution in [1.29, 1.82) is 0 Å². The average Bonchev–Trinajstić information content (AvgIpc) is 3.05. The van der Waals surface area contributed by atoms with Gasteiger partial charge in [-0.2, -0.15) is 5.06 Å². The van der Waals surface area contributed by atoms with E-state index in [2.05, 4.69) is 12.1 Å². The van der Waals surface area contributed by atoms with Crippen LogP contribution < -0.4 is 5.06 Å². The predicted molar refractivity (Wildman–Crippen MR) is 171 cm³/mol. The molecular weight excluding hydrogens is 575 g/mol. The molecule has 5 aromatic carbocycles. The normalized spacial score (nSPS) is 14.9. The minimum absolute atomic E-state index is 0.185. The lowest BCUT2D eigenvalue weighted by atomic mass is 9.89. The highest BCUT2D eigenvalue weighted by Gasteiger charge is 2.42. The van der Waals surface area contributed by atoms with E-state index in [1.807, 2.05) is 60.7 Å². The molecule has 1 atom stereocenters. The number of carbonyl (C=O) groups is 2. The van der Waals surface area contributed by atoms with Gasteiger partial charge in [0.05, 0.1) is 5.69 Å². The third kappa shape index (κ3) is 6.30. The van der Waals surface area contributed by atoms with Gasteiger partial charge in [0.25, 0.3) is 11.8 Å². The van der Waals surface area contributed by atoms with Crippen molar-refractivity contribution < 1.29 is 28.8 Å². The number of hydroxylamine groups is 1. The van der Waals surface area contributed by atoms with Crippen LogP contribution >= 0.6 is 7.60 Å². The van der Waals surface area contributed by atoms with Crippen LogP contribution in [0.3, 0.4) is 0 Å². The Morgan fingerprint density at radius 1 is 0.795 bits per heavy atom. The van der Waals surface area contributed by atoms with Crippen molar-refractivity contribution >= 4 is 46.6 Å². The highest BCUT2D eigenvalue weighted by molar-refractivity contribution is 7.53. The van der Waals surface area contributed by atoms with Crippen LogP contribution in [0.1, 0.15) is 35.5 Å². The maximum atomic E-state index is 14.2. The zero-order chi connectivity index (χ0) is 30.7. The van der Waals surface area contributed by atoms with Gasteiger partial charge < -0.3 is 14.7 Å². The first kappa shape index (κ1) is 29.7. The summed E-state index contributed by atoms with van der Waals surface area (Å²) in [6.07, 6.45) is 1.62. The van der Waals surface area contributed by atoms with Gasteiger partial charge in [0.2, 0.25) is 0 Å². The standard InChI is InChI=1S/C35H33N2O6P/c38-33(36-21-19-27(20-22-36)25-9-2-1-3-10-25)24-43-37(30-18-17-26-11-4-5-13-29(26)23-30)35(39)34(44(40,41)42)32-16-8-14-28-12-6-7-15-31(28)32/h1-18,23,27,34H,19-22,24H2,(H2,40,41,42). The average molecular weight is 609 g/mol. The number of carbonyl (C=O) groups excluding carboxylic acids is 2. The Bertz CT molecular complexity index is 1840. The van der Waals surface area contributed by atoms with Gasteiger partial charge in [-0.05, 0) is 63.6 Å². The van der Waals surface area contributed by atoms with Crippen LogP contribution in [0.25, 0.3) is 21.5 Å². The molecular formula is C35H33N2O6P. The molecule has 44 heavy (non-hydrogen) atoms. The number of amides is 2. The van der Waals surface area contributed by atoms with Gasteiger partial charge >= 0.3 is 7.60 Å². The highest BCUT2D eigenvalue weighted by Crippen LogP contribution is 2.54. The first-order chi connectivity index (χ1) is 21.3. The van der Waals surface area contributed by atoms with Crippen LogP contribution in [0.5, 0.6) is 0 Å². The molecule has 6 rings (SSSR count). The number of hydrogen-bond acceptors (Lipinski definition) is 4. The Balaban J connectivity index is 1.29. The SMILES string of the molecule is O=C(CON(C(=O)C(c1cccc2ccccc12)P(=O)(O)O)c1ccc2ccccc2c1)N1CCC(c2ccccc2)CC1. The van der Waals surface area contributed by atoms with E-state index in [9.17, 15) is 23.9 Å². The molecule has 2 amide bonds. The number of benzene rings is 5. The number of piperidine rings is 1. The molecule has 1 fully saturated rings. The molecule has 1 unspecified atom stereocenters. The largest absolute Gasteiger partial charge is 0.342 e. The lowest BCUT2D eigenvalue weighted by molar-refractivity contribution is -0.140. The highest BCUT2D eigenvalue weighted by atomic mass is 31.2. The van der Waals surface area contributed by atoms with Crippen molar-refractivity contribution in [3.05, 3.63) is 126 Å². The van der Waals surface area contributed by atoms with Crippen molar-refractivity contribution in [3.8, 4) is 0 Å². The molecule has 2 N–H and O–H groups in total. The summed E-state index contributed by atoms with van der Waals surface area (Å²) < 4.78 is 13.0. The minimum atomic E-state index is -5.06. The molecule has 0 bridgehead atoms. The summed E-state index contributed by atoms with van der Waals surface area (Å²) in [5.41, 5.74) is -0.147. The molecule has 9 heteroatoms. The van der Waals surface area contributed by atoms with Crippen molar-refractivity contribution in [3.63, 3.8) is 0 Å². The summed E-state index contributed by atoms with van der Waals surface area (Å²) in [4.78, 5) is 56.3. The molecule has 1 aliphatic heterocycles. The lowest BCUT2D eigenvalue weighted by Gasteiger charge is -2.33. The van der Waals surface area contributed by atoms with E-state index in [1.165, 1.54) is 5.56 Å². The molecule has 0 spiro atoms. The fourth-order valence-corrected chi connectivity index (χ4v) is 7.01. The Hall–Kier alpha value is -4.33. The molecule has 0 radical (unpaired) electrons. The maximum absolute atomic E-state index is 14.2. The summed E-state index contributed by atoms with van der Waals surface area (Å²) >= 11 is 0. The zero-order valence-corrected chi connectivity index (χ0v) is 24.9. The molecule has 1 aliphatic rings. The fraction of sp³-hybridized carbons (Fsp3) is 0.200. The van der Waals surface area contributed by atoms with Crippen LogP contribution in [-0.2, 0) is 19.0 Å². The number of hydrogen-bond donors (Lipinski definition) is 2. The summed E-state index contributed by atoms with van der Waals surface area (Å²) in [6, 6.07) is 35.1. The number of rotatable bonds is 8. The molecule has 5 aromatic rings. The van der Waals surface area contributed by atoms with E-state index in [4.69, 9.17) is 4.84 Å². The quantitative estimate of drug-likeness (QED) is 0.152. The van der Waals surface area contributed by atoms with Gasteiger partial charge in [-0.25, -0.2) is 0 Å². The van der Waals surface area contributed by atoms with Crippen LogP contribution in [0.2, 0.25) is 0 Å². The zero-order valence-electron chi connectivity index (χ0n) is 24.0. The second-order valence-corrected chi connectivity index (χ2v) is 12.8. The van der Waals surface area contributed by atoms with Crippen LogP contribution in [0.4, 0.5) is 5.69 Å². The van der Waals surface area contributed by atoms with Crippen LogP contribution in [0.15, 0.2) is 115 Å². The molecule has 224 valence electrons. The van der Waals surface area contributed by atoms with Crippen molar-refractivity contribution in [2.24, 2.45) is 0 Å². The number of fused-ring (bicyclic) bond motifs is 2. The van der Waals surface area contributed by atoms with Gasteiger partial charge in [-0.1, -0.05) is 103 Å². The number of nitrogens with zero attached hydrogens (tertiary/aromatic N) is 2. The van der Waals surface area contributed by atoms with E-state index >= 15 is 0 Å². The minimum Gasteiger partial charge on any atom is -0.341 e. The molecule has 1 saturated heterocycles. The molecule has 1 heterocycles. The van der Waals surface area contributed by atoms with Crippen molar-refractivity contribution in [1.82, 2.24) is 4.90 Å². The third-order valence-electron chi connectivity index (χ3n) is 8.29. The third-order valence-corrected chi connectivity index (χ3v) is 9.46. The Morgan fingerprint density at radius 2 is 1.43 bits per heavy atom. The molecule has 8 nitrogen and oxygen atoms in total. The summed E-state index contributed by atoms with van der Waals surface area (Å²) in [5.74, 6) is -0.893. The molecule has 0 saturated carbocycles. The molecule has 0 aliphatic carbocycles. The topological polar surface area (TPSA) is 107 Å². The smallest absolute Gasteiger partial charge is 0.341 e. The Kier molecular flexibility index (Phi) is 8.60. The summed E-state index contributed by atoms with van der Waals surface area (Å²) in [6.45, 7) is 0.636. The first-order valence-corrected chi connectivity index (χ1v) is 16.3. The van der Waals surface area contributed by atoms with Gasteiger partial charge in [-0.15, -0.1) is 0 Å². The fourth-order valence-electron chi connectivity index (χ4n) is 6.02. The monoisotopic (exact) mass is 608 g/mol. The van der Waals surface area contributed by atoms with Crippen LogP contribution in [-0.4, -0.2) is 46.2 Å².